The predicted octanol–water partition coefficient (Wildman–Crippen LogP) is 3.40. The highest BCUT2D eigenvalue weighted by atomic mass is 16.5. The zero-order valence-electron chi connectivity index (χ0n) is 15.7. The van der Waals surface area contributed by atoms with Crippen molar-refractivity contribution in [2.45, 2.75) is 6.92 Å². The molecule has 1 aromatic heterocycles. The van der Waals surface area contributed by atoms with Crippen molar-refractivity contribution in [2.24, 2.45) is 0 Å². The third kappa shape index (κ3) is 4.11. The van der Waals surface area contributed by atoms with Crippen LogP contribution in [0.25, 0.3) is 10.9 Å². The molecule has 0 radical (unpaired) electrons. The maximum atomic E-state index is 12.3. The van der Waals surface area contributed by atoms with E-state index in [9.17, 15) is 4.79 Å². The Balaban J connectivity index is 1.65. The molecule has 6 nitrogen and oxygen atoms in total. The fraction of sp³-hybridized carbons (Fsp3) is 0.238. The van der Waals surface area contributed by atoms with Crippen molar-refractivity contribution < 1.29 is 14.3 Å². The van der Waals surface area contributed by atoms with Crippen LogP contribution in [0.2, 0.25) is 0 Å². The molecule has 0 spiro atoms. The van der Waals surface area contributed by atoms with Crippen LogP contribution in [0.5, 0.6) is 11.5 Å². The lowest BCUT2D eigenvalue weighted by Crippen LogP contribution is -2.28. The summed E-state index contributed by atoms with van der Waals surface area (Å²) in [5.41, 5.74) is 3.42. The van der Waals surface area contributed by atoms with Gasteiger partial charge < -0.3 is 20.1 Å². The fourth-order valence-electron chi connectivity index (χ4n) is 2.92. The van der Waals surface area contributed by atoms with Gasteiger partial charge in [-0.2, -0.15) is 0 Å². The number of fused-ring (bicyclic) bond motifs is 1. The van der Waals surface area contributed by atoms with Gasteiger partial charge in [-0.15, -0.1) is 0 Å². The van der Waals surface area contributed by atoms with Crippen LogP contribution in [-0.2, 0) is 0 Å². The van der Waals surface area contributed by atoms with Crippen LogP contribution in [-0.4, -0.2) is 38.2 Å². The fourth-order valence-corrected chi connectivity index (χ4v) is 2.92. The number of hydrogen-bond acceptors (Lipinski definition) is 5. The van der Waals surface area contributed by atoms with E-state index in [0.29, 0.717) is 24.4 Å². The molecule has 3 aromatic rings. The van der Waals surface area contributed by atoms with Crippen LogP contribution in [0, 0.1) is 6.92 Å². The number of benzene rings is 2. The molecule has 27 heavy (non-hydrogen) atoms. The number of para-hydroxylation sites is 1. The van der Waals surface area contributed by atoms with Gasteiger partial charge in [-0.05, 0) is 36.8 Å². The smallest absolute Gasteiger partial charge is 0.251 e. The largest absolute Gasteiger partial charge is 0.497 e. The van der Waals surface area contributed by atoms with E-state index in [1.165, 1.54) is 0 Å². The third-order valence-electron chi connectivity index (χ3n) is 4.31. The maximum absolute atomic E-state index is 12.3. The standard InChI is InChI=1S/C21H23N3O3/c1-14-13-24-20-17(8-5-9-18(20)27-3)19(14)22-10-11-23-21(25)15-6-4-7-16(12-15)26-2/h4-9,12-13H,10-11H2,1-3H3,(H,22,24)(H,23,25). The lowest BCUT2D eigenvalue weighted by atomic mass is 10.1. The number of anilines is 1. The number of aryl methyl sites for hydroxylation is 1. The van der Waals surface area contributed by atoms with E-state index >= 15 is 0 Å². The van der Waals surface area contributed by atoms with Crippen LogP contribution < -0.4 is 20.1 Å². The van der Waals surface area contributed by atoms with Gasteiger partial charge in [0.2, 0.25) is 0 Å². The Morgan fingerprint density at radius 2 is 1.89 bits per heavy atom. The van der Waals surface area contributed by atoms with Gasteiger partial charge in [-0.1, -0.05) is 18.2 Å². The Morgan fingerprint density at radius 1 is 1.07 bits per heavy atom. The van der Waals surface area contributed by atoms with Gasteiger partial charge >= 0.3 is 0 Å². The number of ether oxygens (including phenoxy) is 2. The molecule has 2 N–H and O–H groups in total. The van der Waals surface area contributed by atoms with Crippen molar-refractivity contribution >= 4 is 22.5 Å². The van der Waals surface area contributed by atoms with E-state index < -0.39 is 0 Å². The number of methoxy groups -OCH3 is 2. The molecule has 0 bridgehead atoms. The number of aromatic nitrogens is 1. The van der Waals surface area contributed by atoms with Crippen molar-refractivity contribution in [3.63, 3.8) is 0 Å². The molecule has 2 aromatic carbocycles. The molecular formula is C21H23N3O3. The summed E-state index contributed by atoms with van der Waals surface area (Å²) in [5.74, 6) is 1.27. The molecule has 140 valence electrons. The predicted molar refractivity (Wildman–Crippen MR) is 107 cm³/mol. The Hall–Kier alpha value is -3.28. The SMILES string of the molecule is COc1cccc(C(=O)NCCNc2c(C)cnc3c(OC)cccc23)c1. The van der Waals surface area contributed by atoms with Gasteiger partial charge in [0, 0.05) is 35.9 Å². The lowest BCUT2D eigenvalue weighted by molar-refractivity contribution is 0.0955. The van der Waals surface area contributed by atoms with Gasteiger partial charge in [-0.3, -0.25) is 9.78 Å². The van der Waals surface area contributed by atoms with Crippen molar-refractivity contribution in [1.29, 1.82) is 0 Å². The van der Waals surface area contributed by atoms with E-state index in [4.69, 9.17) is 9.47 Å². The molecule has 0 saturated carbocycles. The summed E-state index contributed by atoms with van der Waals surface area (Å²) in [4.78, 5) is 16.7. The monoisotopic (exact) mass is 365 g/mol. The van der Waals surface area contributed by atoms with Gasteiger partial charge in [0.1, 0.15) is 17.0 Å². The van der Waals surface area contributed by atoms with E-state index in [0.717, 1.165) is 27.9 Å². The number of carbonyl (C=O) groups excluding carboxylic acids is 1. The molecule has 0 aliphatic rings. The minimum Gasteiger partial charge on any atom is -0.497 e. The molecule has 6 heteroatoms. The molecule has 3 rings (SSSR count). The highest BCUT2D eigenvalue weighted by molar-refractivity contribution is 5.96. The second-order valence-electron chi connectivity index (χ2n) is 6.09. The molecular weight excluding hydrogens is 342 g/mol. The summed E-state index contributed by atoms with van der Waals surface area (Å²) in [6.45, 7) is 3.08. The minimum atomic E-state index is -0.131. The number of amides is 1. The Kier molecular flexibility index (Phi) is 5.76. The molecule has 0 fully saturated rings. The van der Waals surface area contributed by atoms with Gasteiger partial charge in [-0.25, -0.2) is 0 Å². The number of pyridine rings is 1. The summed E-state index contributed by atoms with van der Waals surface area (Å²) < 4.78 is 10.5. The highest BCUT2D eigenvalue weighted by Crippen LogP contribution is 2.30. The topological polar surface area (TPSA) is 72.5 Å². The quantitative estimate of drug-likeness (QED) is 0.628. The number of rotatable bonds is 7. The number of carbonyl (C=O) groups is 1. The molecule has 0 aliphatic carbocycles. The second kappa shape index (κ2) is 8.40. The molecule has 1 heterocycles. The first kappa shape index (κ1) is 18.5. The summed E-state index contributed by atoms with van der Waals surface area (Å²) in [7, 11) is 3.22. The molecule has 0 atom stereocenters. The number of hydrogen-bond donors (Lipinski definition) is 2. The Morgan fingerprint density at radius 3 is 2.67 bits per heavy atom. The first-order valence-electron chi connectivity index (χ1n) is 8.72. The third-order valence-corrected chi connectivity index (χ3v) is 4.31. The first-order chi connectivity index (χ1) is 13.1. The van der Waals surface area contributed by atoms with Crippen LogP contribution >= 0.6 is 0 Å². The minimum absolute atomic E-state index is 0.131. The van der Waals surface area contributed by atoms with Crippen molar-refractivity contribution in [2.75, 3.05) is 32.6 Å². The van der Waals surface area contributed by atoms with E-state index in [2.05, 4.69) is 15.6 Å². The maximum Gasteiger partial charge on any atom is 0.251 e. The van der Waals surface area contributed by atoms with Crippen molar-refractivity contribution in [3.8, 4) is 11.5 Å². The van der Waals surface area contributed by atoms with E-state index in [-0.39, 0.29) is 5.91 Å². The van der Waals surface area contributed by atoms with Gasteiger partial charge in [0.05, 0.1) is 14.2 Å². The average molecular weight is 365 g/mol. The molecule has 1 amide bonds. The lowest BCUT2D eigenvalue weighted by Gasteiger charge is -2.14. The molecule has 0 aliphatic heterocycles. The Labute approximate surface area is 158 Å². The first-order valence-corrected chi connectivity index (χ1v) is 8.72. The normalized spacial score (nSPS) is 10.5. The summed E-state index contributed by atoms with van der Waals surface area (Å²) in [6.07, 6.45) is 1.82. The highest BCUT2D eigenvalue weighted by Gasteiger charge is 2.10. The number of nitrogens with zero attached hydrogens (tertiary/aromatic N) is 1. The zero-order valence-corrected chi connectivity index (χ0v) is 15.7. The van der Waals surface area contributed by atoms with Gasteiger partial charge in [0.25, 0.3) is 5.91 Å². The molecule has 0 unspecified atom stereocenters. The van der Waals surface area contributed by atoms with Crippen LogP contribution in [0.3, 0.4) is 0 Å². The van der Waals surface area contributed by atoms with Crippen LogP contribution in [0.15, 0.2) is 48.7 Å². The molecule has 0 saturated heterocycles. The van der Waals surface area contributed by atoms with E-state index in [1.54, 1.807) is 32.4 Å². The second-order valence-corrected chi connectivity index (χ2v) is 6.09. The average Bonchev–Trinajstić information content (AvgIpc) is 2.71. The van der Waals surface area contributed by atoms with Crippen LogP contribution in [0.1, 0.15) is 15.9 Å². The Bertz CT molecular complexity index is 957. The number of nitrogens with one attached hydrogen (secondary N) is 2. The van der Waals surface area contributed by atoms with Crippen molar-refractivity contribution in [1.82, 2.24) is 10.3 Å². The van der Waals surface area contributed by atoms with Gasteiger partial charge in [0.15, 0.2) is 0 Å². The van der Waals surface area contributed by atoms with Crippen LogP contribution in [0.4, 0.5) is 5.69 Å². The summed E-state index contributed by atoms with van der Waals surface area (Å²) >= 11 is 0. The summed E-state index contributed by atoms with van der Waals surface area (Å²) in [6, 6.07) is 12.9. The van der Waals surface area contributed by atoms with E-state index in [1.807, 2.05) is 37.4 Å². The zero-order chi connectivity index (χ0) is 19.2. The van der Waals surface area contributed by atoms with Crippen molar-refractivity contribution in [3.05, 3.63) is 59.8 Å². The summed E-state index contributed by atoms with van der Waals surface area (Å²) in [5, 5.41) is 7.31.